The van der Waals surface area contributed by atoms with E-state index >= 15 is 0 Å². The van der Waals surface area contributed by atoms with Crippen LogP contribution in [0.1, 0.15) is 47.0 Å². The number of ether oxygens (including phenoxy) is 1. The van der Waals surface area contributed by atoms with E-state index in [1.54, 1.807) is 13.8 Å². The van der Waals surface area contributed by atoms with Crippen molar-refractivity contribution in [1.29, 1.82) is 0 Å². The molecule has 6 nitrogen and oxygen atoms in total. The Bertz CT molecular complexity index is 308. The highest BCUT2D eigenvalue weighted by Gasteiger charge is 2.31. The lowest BCUT2D eigenvalue weighted by Crippen LogP contribution is -2.44. The van der Waals surface area contributed by atoms with Gasteiger partial charge in [-0.05, 0) is 40.0 Å². The van der Waals surface area contributed by atoms with Crippen LogP contribution in [0.5, 0.6) is 0 Å². The molecule has 1 atom stereocenters. The SMILES string of the molecule is CCC(C)(CNC(=O)NCCCCOC(C)C)C(=O)O. The van der Waals surface area contributed by atoms with Crippen LogP contribution in [-0.4, -0.2) is 42.9 Å². The van der Waals surface area contributed by atoms with E-state index in [0.717, 1.165) is 12.8 Å². The van der Waals surface area contributed by atoms with Gasteiger partial charge >= 0.3 is 12.0 Å². The molecule has 0 saturated carbocycles. The Morgan fingerprint density at radius 1 is 1.25 bits per heavy atom. The summed E-state index contributed by atoms with van der Waals surface area (Å²) in [6.45, 7) is 8.76. The third-order valence-corrected chi connectivity index (χ3v) is 3.24. The van der Waals surface area contributed by atoms with E-state index < -0.39 is 11.4 Å². The van der Waals surface area contributed by atoms with Crippen LogP contribution in [0, 0.1) is 5.41 Å². The Morgan fingerprint density at radius 2 is 1.90 bits per heavy atom. The maximum Gasteiger partial charge on any atom is 0.314 e. The summed E-state index contributed by atoms with van der Waals surface area (Å²) in [6.07, 6.45) is 2.42. The average molecular weight is 288 g/mol. The minimum absolute atomic E-state index is 0.126. The van der Waals surface area contributed by atoms with Gasteiger partial charge in [0.2, 0.25) is 0 Å². The molecule has 0 rings (SSSR count). The monoisotopic (exact) mass is 288 g/mol. The summed E-state index contributed by atoms with van der Waals surface area (Å²) in [7, 11) is 0. The van der Waals surface area contributed by atoms with Crippen LogP contribution in [0.25, 0.3) is 0 Å². The molecule has 3 N–H and O–H groups in total. The molecule has 0 aromatic carbocycles. The van der Waals surface area contributed by atoms with E-state index in [0.29, 0.717) is 19.6 Å². The number of nitrogens with one attached hydrogen (secondary N) is 2. The fourth-order valence-electron chi connectivity index (χ4n) is 1.44. The number of carbonyl (C=O) groups excluding carboxylic acids is 1. The first kappa shape index (κ1) is 18.7. The first-order valence-corrected chi connectivity index (χ1v) is 7.18. The lowest BCUT2D eigenvalue weighted by molar-refractivity contribution is -0.147. The molecule has 118 valence electrons. The maximum atomic E-state index is 11.5. The van der Waals surface area contributed by atoms with E-state index in [2.05, 4.69) is 10.6 Å². The van der Waals surface area contributed by atoms with Crippen LogP contribution in [0.2, 0.25) is 0 Å². The van der Waals surface area contributed by atoms with Crippen molar-refractivity contribution in [3.05, 3.63) is 0 Å². The van der Waals surface area contributed by atoms with Crippen LogP contribution < -0.4 is 10.6 Å². The Morgan fingerprint density at radius 3 is 2.40 bits per heavy atom. The van der Waals surface area contributed by atoms with E-state index in [4.69, 9.17) is 9.84 Å². The highest BCUT2D eigenvalue weighted by atomic mass is 16.5. The minimum atomic E-state index is -0.914. The number of carboxylic acid groups (broad SMARTS) is 1. The number of aliphatic carboxylic acids is 1. The van der Waals surface area contributed by atoms with Gasteiger partial charge in [0.15, 0.2) is 0 Å². The molecule has 0 radical (unpaired) electrons. The zero-order valence-corrected chi connectivity index (χ0v) is 13.0. The van der Waals surface area contributed by atoms with Gasteiger partial charge in [-0.15, -0.1) is 0 Å². The molecule has 0 saturated heterocycles. The lowest BCUT2D eigenvalue weighted by atomic mass is 9.88. The van der Waals surface area contributed by atoms with Crippen molar-refractivity contribution >= 4 is 12.0 Å². The van der Waals surface area contributed by atoms with Crippen LogP contribution in [0.15, 0.2) is 0 Å². The fraction of sp³-hybridized carbons (Fsp3) is 0.857. The summed E-state index contributed by atoms with van der Waals surface area (Å²) in [4.78, 5) is 22.6. The average Bonchev–Trinajstić information content (AvgIpc) is 2.39. The molecule has 0 aliphatic carbocycles. The van der Waals surface area contributed by atoms with Crippen molar-refractivity contribution in [3.63, 3.8) is 0 Å². The second-order valence-electron chi connectivity index (χ2n) is 5.46. The van der Waals surface area contributed by atoms with Crippen LogP contribution in [0.3, 0.4) is 0 Å². The zero-order chi connectivity index (χ0) is 15.6. The molecular weight excluding hydrogens is 260 g/mol. The summed E-state index contributed by atoms with van der Waals surface area (Å²) in [5.41, 5.74) is -0.914. The smallest absolute Gasteiger partial charge is 0.314 e. The van der Waals surface area contributed by atoms with Gasteiger partial charge in [-0.3, -0.25) is 4.79 Å². The quantitative estimate of drug-likeness (QED) is 0.536. The number of rotatable bonds is 10. The fourth-order valence-corrected chi connectivity index (χ4v) is 1.44. The van der Waals surface area contributed by atoms with Crippen LogP contribution in [0.4, 0.5) is 4.79 Å². The molecule has 2 amide bonds. The molecule has 0 aliphatic heterocycles. The predicted octanol–water partition coefficient (Wildman–Crippen LogP) is 1.99. The molecule has 0 aromatic rings. The Kier molecular flexibility index (Phi) is 8.96. The zero-order valence-electron chi connectivity index (χ0n) is 13.0. The summed E-state index contributed by atoms with van der Waals surface area (Å²) < 4.78 is 5.39. The van der Waals surface area contributed by atoms with Crippen molar-refractivity contribution in [3.8, 4) is 0 Å². The lowest BCUT2D eigenvalue weighted by Gasteiger charge is -2.23. The van der Waals surface area contributed by atoms with Crippen LogP contribution >= 0.6 is 0 Å². The Labute approximate surface area is 121 Å². The van der Waals surface area contributed by atoms with Gasteiger partial charge in [0.05, 0.1) is 11.5 Å². The van der Waals surface area contributed by atoms with Gasteiger partial charge in [0, 0.05) is 19.7 Å². The van der Waals surface area contributed by atoms with E-state index in [9.17, 15) is 9.59 Å². The summed E-state index contributed by atoms with van der Waals surface area (Å²) in [6, 6.07) is -0.323. The highest BCUT2D eigenvalue weighted by molar-refractivity contribution is 5.77. The number of hydrogen-bond donors (Lipinski definition) is 3. The van der Waals surface area contributed by atoms with Crippen molar-refractivity contribution < 1.29 is 19.4 Å². The Balaban J connectivity index is 3.71. The van der Waals surface area contributed by atoms with Crippen molar-refractivity contribution in [2.75, 3.05) is 19.7 Å². The van der Waals surface area contributed by atoms with Crippen LogP contribution in [-0.2, 0) is 9.53 Å². The second-order valence-corrected chi connectivity index (χ2v) is 5.46. The molecular formula is C14H28N2O4. The third kappa shape index (κ3) is 7.99. The molecule has 0 spiro atoms. The molecule has 0 fully saturated rings. The molecule has 0 aliphatic rings. The topological polar surface area (TPSA) is 87.7 Å². The Hall–Kier alpha value is -1.30. The van der Waals surface area contributed by atoms with Gasteiger partial charge in [0.1, 0.15) is 0 Å². The number of carboxylic acids is 1. The minimum Gasteiger partial charge on any atom is -0.481 e. The van der Waals surface area contributed by atoms with E-state index in [1.807, 2.05) is 13.8 Å². The molecule has 1 unspecified atom stereocenters. The van der Waals surface area contributed by atoms with Gasteiger partial charge in [0.25, 0.3) is 0 Å². The van der Waals surface area contributed by atoms with E-state index in [1.165, 1.54) is 0 Å². The highest BCUT2D eigenvalue weighted by Crippen LogP contribution is 2.19. The molecule has 0 aromatic heterocycles. The maximum absolute atomic E-state index is 11.5. The van der Waals surface area contributed by atoms with Gasteiger partial charge < -0.3 is 20.5 Å². The number of unbranched alkanes of at least 4 members (excludes halogenated alkanes) is 1. The molecule has 0 bridgehead atoms. The van der Waals surface area contributed by atoms with Crippen molar-refractivity contribution in [2.45, 2.75) is 53.1 Å². The largest absolute Gasteiger partial charge is 0.481 e. The molecule has 0 heterocycles. The predicted molar refractivity (Wildman–Crippen MR) is 77.8 cm³/mol. The number of urea groups is 1. The standard InChI is InChI=1S/C14H28N2O4/c1-5-14(4,12(17)18)10-16-13(19)15-8-6-7-9-20-11(2)3/h11H,5-10H2,1-4H3,(H,17,18)(H2,15,16,19). The van der Waals surface area contributed by atoms with E-state index in [-0.39, 0.29) is 18.7 Å². The summed E-state index contributed by atoms with van der Waals surface area (Å²) in [5.74, 6) is -0.897. The van der Waals surface area contributed by atoms with Crippen molar-refractivity contribution in [1.82, 2.24) is 10.6 Å². The normalized spacial score (nSPS) is 13.8. The summed E-state index contributed by atoms with van der Waals surface area (Å²) >= 11 is 0. The third-order valence-electron chi connectivity index (χ3n) is 3.24. The van der Waals surface area contributed by atoms with Gasteiger partial charge in [-0.25, -0.2) is 4.79 Å². The first-order valence-electron chi connectivity index (χ1n) is 7.18. The second kappa shape index (κ2) is 9.58. The number of carbonyl (C=O) groups is 2. The molecule has 20 heavy (non-hydrogen) atoms. The van der Waals surface area contributed by atoms with Crippen molar-refractivity contribution in [2.24, 2.45) is 5.41 Å². The first-order chi connectivity index (χ1) is 9.31. The number of hydrogen-bond acceptors (Lipinski definition) is 3. The summed E-state index contributed by atoms with van der Waals surface area (Å²) in [5, 5.41) is 14.4. The van der Waals surface area contributed by atoms with Gasteiger partial charge in [-0.2, -0.15) is 0 Å². The number of amides is 2. The van der Waals surface area contributed by atoms with Gasteiger partial charge in [-0.1, -0.05) is 6.92 Å². The molecule has 6 heteroatoms.